The van der Waals surface area contributed by atoms with Crippen molar-refractivity contribution in [2.45, 2.75) is 23.8 Å². The summed E-state index contributed by atoms with van der Waals surface area (Å²) >= 11 is 7.26. The first-order valence-corrected chi connectivity index (χ1v) is 8.89. The maximum Gasteiger partial charge on any atom is 0.259 e. The Morgan fingerprint density at radius 1 is 1.44 bits per heavy atom. The molecule has 1 N–H and O–H groups in total. The lowest BCUT2D eigenvalue weighted by molar-refractivity contribution is -0.115. The van der Waals surface area contributed by atoms with Gasteiger partial charge in [0.2, 0.25) is 5.91 Å². The average Bonchev–Trinajstić information content (AvgIpc) is 3.02. The number of nitrogens with one attached hydrogen (secondary N) is 1. The van der Waals surface area contributed by atoms with Crippen molar-refractivity contribution in [3.05, 3.63) is 41.6 Å². The number of thioether (sulfide) groups is 1. The summed E-state index contributed by atoms with van der Waals surface area (Å²) < 4.78 is 10.9. The summed E-state index contributed by atoms with van der Waals surface area (Å²) in [6.45, 7) is 1.92. The minimum Gasteiger partial charge on any atom is -0.495 e. The smallest absolute Gasteiger partial charge is 0.259 e. The van der Waals surface area contributed by atoms with E-state index in [4.69, 9.17) is 20.8 Å². The van der Waals surface area contributed by atoms with Crippen molar-refractivity contribution < 1.29 is 13.9 Å². The Bertz CT molecular complexity index is 867. The molecule has 2 aromatic heterocycles. The zero-order valence-electron chi connectivity index (χ0n) is 13.7. The van der Waals surface area contributed by atoms with Gasteiger partial charge in [0, 0.05) is 11.2 Å². The highest BCUT2D eigenvalue weighted by Crippen LogP contribution is 2.31. The van der Waals surface area contributed by atoms with Crippen LogP contribution in [0, 0.1) is 0 Å². The van der Waals surface area contributed by atoms with Gasteiger partial charge in [-0.2, -0.15) is 4.98 Å². The number of hydrogen-bond donors (Lipinski definition) is 1. The number of carbonyl (C=O) groups excluding carboxylic acids is 1. The second-order valence-electron chi connectivity index (χ2n) is 5.15. The average molecular weight is 378 g/mol. The molecule has 0 bridgehead atoms. The Hall–Kier alpha value is -2.25. The number of methoxy groups -OCH3 is 1. The summed E-state index contributed by atoms with van der Waals surface area (Å²) in [6.07, 6.45) is 2.25. The van der Waals surface area contributed by atoms with Gasteiger partial charge in [-0.05, 0) is 36.8 Å². The van der Waals surface area contributed by atoms with Crippen LogP contribution < -0.4 is 10.1 Å². The molecule has 3 aromatic rings. The van der Waals surface area contributed by atoms with Gasteiger partial charge in [0.15, 0.2) is 11.2 Å². The summed E-state index contributed by atoms with van der Waals surface area (Å²) in [5.41, 5.74) is 1.65. The van der Waals surface area contributed by atoms with Crippen LogP contribution >= 0.6 is 23.4 Å². The lowest BCUT2D eigenvalue weighted by Crippen LogP contribution is -2.24. The lowest BCUT2D eigenvalue weighted by atomic mass is 10.2. The maximum absolute atomic E-state index is 12.6. The van der Waals surface area contributed by atoms with Crippen molar-refractivity contribution in [1.82, 2.24) is 9.97 Å². The number of rotatable bonds is 6. The first kappa shape index (κ1) is 17.6. The molecule has 0 aliphatic carbocycles. The number of amides is 1. The number of ether oxygens (including phenoxy) is 1. The summed E-state index contributed by atoms with van der Waals surface area (Å²) in [5.74, 6) is 0.368. The van der Waals surface area contributed by atoms with Gasteiger partial charge in [0.25, 0.3) is 5.22 Å². The number of halogens is 1. The summed E-state index contributed by atoms with van der Waals surface area (Å²) in [6, 6.07) is 8.62. The Morgan fingerprint density at radius 2 is 2.28 bits per heavy atom. The predicted molar refractivity (Wildman–Crippen MR) is 98.4 cm³/mol. The summed E-state index contributed by atoms with van der Waals surface area (Å²) in [5, 5.41) is 3.40. The minimum atomic E-state index is -0.378. The monoisotopic (exact) mass is 377 g/mol. The number of carbonyl (C=O) groups is 1. The van der Waals surface area contributed by atoms with Gasteiger partial charge in [0.05, 0.1) is 18.0 Å². The van der Waals surface area contributed by atoms with Gasteiger partial charge in [-0.15, -0.1) is 0 Å². The van der Waals surface area contributed by atoms with Crippen molar-refractivity contribution in [3.63, 3.8) is 0 Å². The molecular formula is C17H16ClN3O3S. The Labute approximate surface area is 153 Å². The molecule has 0 aliphatic rings. The highest BCUT2D eigenvalue weighted by atomic mass is 35.5. The molecular weight excluding hydrogens is 362 g/mol. The van der Waals surface area contributed by atoms with E-state index in [1.807, 2.05) is 6.92 Å². The molecule has 0 fully saturated rings. The van der Waals surface area contributed by atoms with E-state index in [9.17, 15) is 4.79 Å². The lowest BCUT2D eigenvalue weighted by Gasteiger charge is -2.15. The van der Waals surface area contributed by atoms with Gasteiger partial charge < -0.3 is 14.5 Å². The van der Waals surface area contributed by atoms with Gasteiger partial charge in [-0.3, -0.25) is 4.79 Å². The van der Waals surface area contributed by atoms with Crippen LogP contribution in [-0.2, 0) is 4.79 Å². The largest absolute Gasteiger partial charge is 0.495 e. The van der Waals surface area contributed by atoms with E-state index in [0.717, 1.165) is 0 Å². The Kier molecular flexibility index (Phi) is 5.45. The van der Waals surface area contributed by atoms with Crippen LogP contribution in [0.2, 0.25) is 5.02 Å². The Morgan fingerprint density at radius 3 is 3.00 bits per heavy atom. The molecule has 0 saturated carbocycles. The van der Waals surface area contributed by atoms with Crippen molar-refractivity contribution in [3.8, 4) is 5.75 Å². The summed E-state index contributed by atoms with van der Waals surface area (Å²) in [7, 11) is 1.54. The van der Waals surface area contributed by atoms with Crippen LogP contribution in [0.25, 0.3) is 11.2 Å². The fourth-order valence-electron chi connectivity index (χ4n) is 2.23. The van der Waals surface area contributed by atoms with Gasteiger partial charge in [-0.25, -0.2) is 4.98 Å². The number of fused-ring (bicyclic) bond motifs is 1. The van der Waals surface area contributed by atoms with Crippen LogP contribution in [0.5, 0.6) is 5.75 Å². The first-order chi connectivity index (χ1) is 12.1. The third-order valence-electron chi connectivity index (χ3n) is 3.47. The van der Waals surface area contributed by atoms with Crippen molar-refractivity contribution >= 4 is 46.2 Å². The van der Waals surface area contributed by atoms with E-state index in [0.29, 0.717) is 39.3 Å². The van der Waals surface area contributed by atoms with E-state index in [1.165, 1.54) is 18.9 Å². The maximum atomic E-state index is 12.6. The number of aromatic nitrogens is 2. The van der Waals surface area contributed by atoms with Crippen LogP contribution in [0.1, 0.15) is 13.3 Å². The van der Waals surface area contributed by atoms with Crippen molar-refractivity contribution in [2.75, 3.05) is 12.4 Å². The fraction of sp³-hybridized carbons (Fsp3) is 0.235. The molecule has 2 heterocycles. The van der Waals surface area contributed by atoms with E-state index >= 15 is 0 Å². The molecule has 0 aliphatic heterocycles. The minimum absolute atomic E-state index is 0.178. The van der Waals surface area contributed by atoms with Gasteiger partial charge in [-0.1, -0.05) is 30.3 Å². The topological polar surface area (TPSA) is 77.2 Å². The molecule has 0 saturated heterocycles. The van der Waals surface area contributed by atoms with Gasteiger partial charge >= 0.3 is 0 Å². The molecule has 0 spiro atoms. The second kappa shape index (κ2) is 7.76. The third-order valence-corrected chi connectivity index (χ3v) is 4.91. The fourth-order valence-corrected chi connectivity index (χ4v) is 3.26. The number of anilines is 1. The zero-order chi connectivity index (χ0) is 17.8. The molecule has 3 rings (SSSR count). The number of benzene rings is 1. The van der Waals surface area contributed by atoms with E-state index in [-0.39, 0.29) is 11.2 Å². The number of nitrogens with zero attached hydrogens (tertiary/aromatic N) is 2. The zero-order valence-corrected chi connectivity index (χ0v) is 15.2. The highest BCUT2D eigenvalue weighted by Gasteiger charge is 2.22. The molecule has 1 unspecified atom stereocenters. The van der Waals surface area contributed by atoms with E-state index in [2.05, 4.69) is 15.3 Å². The first-order valence-electron chi connectivity index (χ1n) is 7.63. The van der Waals surface area contributed by atoms with Gasteiger partial charge in [0.1, 0.15) is 5.75 Å². The number of pyridine rings is 1. The quantitative estimate of drug-likeness (QED) is 0.642. The Balaban J connectivity index is 1.76. The normalized spacial score (nSPS) is 12.1. The van der Waals surface area contributed by atoms with E-state index in [1.54, 1.807) is 36.5 Å². The molecule has 8 heteroatoms. The molecule has 0 radical (unpaired) electrons. The third kappa shape index (κ3) is 4.05. The van der Waals surface area contributed by atoms with E-state index < -0.39 is 0 Å². The number of oxazole rings is 1. The van der Waals surface area contributed by atoms with Crippen LogP contribution in [0.4, 0.5) is 5.69 Å². The summed E-state index contributed by atoms with van der Waals surface area (Å²) in [4.78, 5) is 21.1. The van der Waals surface area contributed by atoms with Crippen LogP contribution in [-0.4, -0.2) is 28.2 Å². The molecule has 1 aromatic carbocycles. The second-order valence-corrected chi connectivity index (χ2v) is 6.74. The van der Waals surface area contributed by atoms with Crippen molar-refractivity contribution in [1.29, 1.82) is 0 Å². The predicted octanol–water partition coefficient (Wildman–Crippen LogP) is 4.39. The van der Waals surface area contributed by atoms with Crippen LogP contribution in [0.3, 0.4) is 0 Å². The number of hydrogen-bond acceptors (Lipinski definition) is 6. The molecule has 1 amide bonds. The molecule has 25 heavy (non-hydrogen) atoms. The standard InChI is InChI=1S/C17H16ClN3O3S/c1-3-14(25-17-21-15-13(24-17)5-4-8-19-15)16(22)20-11-9-10(18)6-7-12(11)23-2/h4-9,14H,3H2,1-2H3,(H,20,22). The molecule has 1 atom stereocenters. The highest BCUT2D eigenvalue weighted by molar-refractivity contribution is 8.00. The van der Waals surface area contributed by atoms with Crippen molar-refractivity contribution in [2.24, 2.45) is 0 Å². The SMILES string of the molecule is CCC(Sc1nc2ncccc2o1)C(=O)Nc1cc(Cl)ccc1OC. The van der Waals surface area contributed by atoms with Crippen LogP contribution in [0.15, 0.2) is 46.2 Å². The molecule has 6 nitrogen and oxygen atoms in total. The molecule has 130 valence electrons.